The van der Waals surface area contributed by atoms with Gasteiger partial charge in [0.1, 0.15) is 11.6 Å². The number of benzene rings is 2. The van der Waals surface area contributed by atoms with Crippen molar-refractivity contribution in [3.8, 4) is 12.1 Å². The van der Waals surface area contributed by atoms with Crippen molar-refractivity contribution in [1.29, 1.82) is 10.5 Å². The molecular formula is C22H15BrN4O. The summed E-state index contributed by atoms with van der Waals surface area (Å²) in [6.45, 7) is 2.01. The monoisotopic (exact) mass is 430 g/mol. The maximum Gasteiger partial charge on any atom is 0.205 e. The SMILES string of the molecule is Cc1cccc2c(C3=C(C#N)C(c4ccccc4Br)C(C#N)=C(N)O3)c[nH]c12. The first kappa shape index (κ1) is 17.9. The highest BCUT2D eigenvalue weighted by Crippen LogP contribution is 2.45. The third-order valence-electron chi connectivity index (χ3n) is 4.93. The molecule has 1 aliphatic rings. The van der Waals surface area contributed by atoms with Crippen molar-refractivity contribution in [3.63, 3.8) is 0 Å². The first-order valence-electron chi connectivity index (χ1n) is 8.60. The molecule has 0 radical (unpaired) electrons. The third-order valence-corrected chi connectivity index (χ3v) is 5.65. The Morgan fingerprint density at radius 3 is 2.54 bits per heavy atom. The molecule has 3 N–H and O–H groups in total. The van der Waals surface area contributed by atoms with Gasteiger partial charge in [-0.3, -0.25) is 0 Å². The van der Waals surface area contributed by atoms with Crippen LogP contribution in [0.25, 0.3) is 16.7 Å². The maximum absolute atomic E-state index is 10.0. The second-order valence-corrected chi connectivity index (χ2v) is 7.36. The predicted molar refractivity (Wildman–Crippen MR) is 110 cm³/mol. The van der Waals surface area contributed by atoms with Gasteiger partial charge in [0.25, 0.3) is 0 Å². The standard InChI is InChI=1S/C22H15BrN4O/c1-12-5-4-7-13-17(11-27-20(12)13)21-15(9-24)19(16(10-25)22(26)28-21)14-6-2-3-8-18(14)23/h2-8,11,19,27H,26H2,1H3. The number of ether oxygens (including phenoxy) is 1. The van der Waals surface area contributed by atoms with E-state index in [1.807, 2.05) is 55.6 Å². The second kappa shape index (κ2) is 6.92. The van der Waals surface area contributed by atoms with Crippen LogP contribution in [-0.4, -0.2) is 4.98 Å². The lowest BCUT2D eigenvalue weighted by atomic mass is 9.82. The van der Waals surface area contributed by atoms with Crippen LogP contribution in [0.1, 0.15) is 22.6 Å². The number of H-pyrrole nitrogens is 1. The molecule has 0 spiro atoms. The topological polar surface area (TPSA) is 98.6 Å². The number of allylic oxidation sites excluding steroid dienone is 2. The minimum atomic E-state index is -0.607. The van der Waals surface area contributed by atoms with E-state index in [0.29, 0.717) is 11.3 Å². The Balaban J connectivity index is 2.01. The fourth-order valence-corrected chi connectivity index (χ4v) is 4.10. The molecule has 5 nitrogen and oxygen atoms in total. The van der Waals surface area contributed by atoms with E-state index in [9.17, 15) is 10.5 Å². The smallest absolute Gasteiger partial charge is 0.205 e. The maximum atomic E-state index is 10.0. The van der Waals surface area contributed by atoms with Crippen LogP contribution in [0.4, 0.5) is 0 Å². The second-order valence-electron chi connectivity index (χ2n) is 6.50. The number of aryl methyl sites for hydroxylation is 1. The molecule has 0 bridgehead atoms. The predicted octanol–water partition coefficient (Wildman–Crippen LogP) is 4.98. The number of para-hydroxylation sites is 1. The summed E-state index contributed by atoms with van der Waals surface area (Å²) in [5.41, 5.74) is 10.3. The van der Waals surface area contributed by atoms with Crippen molar-refractivity contribution in [2.45, 2.75) is 12.8 Å². The minimum absolute atomic E-state index is 0.0132. The normalized spacial score (nSPS) is 16.6. The van der Waals surface area contributed by atoms with Crippen LogP contribution in [0.2, 0.25) is 0 Å². The lowest BCUT2D eigenvalue weighted by Gasteiger charge is -2.26. The lowest BCUT2D eigenvalue weighted by Crippen LogP contribution is -2.20. The summed E-state index contributed by atoms with van der Waals surface area (Å²) in [5.74, 6) is -0.222. The van der Waals surface area contributed by atoms with E-state index in [4.69, 9.17) is 10.5 Å². The molecule has 1 unspecified atom stereocenters. The molecule has 0 saturated carbocycles. The lowest BCUT2D eigenvalue weighted by molar-refractivity contribution is 0.358. The number of fused-ring (bicyclic) bond motifs is 1. The van der Waals surface area contributed by atoms with E-state index in [1.54, 1.807) is 0 Å². The summed E-state index contributed by atoms with van der Waals surface area (Å²) >= 11 is 3.53. The van der Waals surface area contributed by atoms with Gasteiger partial charge in [-0.25, -0.2) is 0 Å². The number of aromatic amines is 1. The summed E-state index contributed by atoms with van der Waals surface area (Å²) in [6.07, 6.45) is 1.81. The number of hydrogen-bond donors (Lipinski definition) is 2. The zero-order chi connectivity index (χ0) is 19.8. The fraction of sp³-hybridized carbons (Fsp3) is 0.0909. The van der Waals surface area contributed by atoms with E-state index in [2.05, 4.69) is 33.1 Å². The minimum Gasteiger partial charge on any atom is -0.439 e. The van der Waals surface area contributed by atoms with Crippen LogP contribution < -0.4 is 5.73 Å². The average Bonchev–Trinajstić information content (AvgIpc) is 3.13. The van der Waals surface area contributed by atoms with Gasteiger partial charge in [0.2, 0.25) is 5.88 Å². The molecule has 3 aromatic rings. The number of nitrogens with zero attached hydrogens (tertiary/aromatic N) is 2. The Kier molecular flexibility index (Phi) is 4.43. The van der Waals surface area contributed by atoms with E-state index < -0.39 is 5.92 Å². The molecule has 4 rings (SSSR count). The zero-order valence-electron chi connectivity index (χ0n) is 15.0. The van der Waals surface area contributed by atoms with Crippen molar-refractivity contribution in [3.05, 3.63) is 86.9 Å². The number of rotatable bonds is 2. The highest BCUT2D eigenvalue weighted by Gasteiger charge is 2.35. The fourth-order valence-electron chi connectivity index (χ4n) is 3.59. The van der Waals surface area contributed by atoms with Crippen LogP contribution >= 0.6 is 15.9 Å². The third kappa shape index (κ3) is 2.67. The molecular weight excluding hydrogens is 416 g/mol. The van der Waals surface area contributed by atoms with Gasteiger partial charge >= 0.3 is 0 Å². The first-order chi connectivity index (χ1) is 13.6. The van der Waals surface area contributed by atoms with E-state index >= 15 is 0 Å². The highest BCUT2D eigenvalue weighted by atomic mass is 79.9. The van der Waals surface area contributed by atoms with Gasteiger partial charge in [-0.15, -0.1) is 0 Å². The number of nitrogens with one attached hydrogen (secondary N) is 1. The molecule has 0 fully saturated rings. The summed E-state index contributed by atoms with van der Waals surface area (Å²) < 4.78 is 6.63. The van der Waals surface area contributed by atoms with Crippen molar-refractivity contribution < 1.29 is 4.74 Å². The van der Waals surface area contributed by atoms with Gasteiger partial charge in [-0.2, -0.15) is 10.5 Å². The van der Waals surface area contributed by atoms with E-state index in [-0.39, 0.29) is 11.5 Å². The number of hydrogen-bond acceptors (Lipinski definition) is 4. The molecule has 6 heteroatoms. The number of aromatic nitrogens is 1. The molecule has 0 amide bonds. The van der Waals surface area contributed by atoms with Gasteiger partial charge in [0, 0.05) is 27.1 Å². The summed E-state index contributed by atoms with van der Waals surface area (Å²) in [7, 11) is 0. The number of halogens is 1. The summed E-state index contributed by atoms with van der Waals surface area (Å²) in [5, 5.41) is 20.7. The average molecular weight is 431 g/mol. The Morgan fingerprint density at radius 2 is 1.82 bits per heavy atom. The van der Waals surface area contributed by atoms with Crippen molar-refractivity contribution in [2.75, 3.05) is 0 Å². The van der Waals surface area contributed by atoms with E-state index in [1.165, 1.54) is 0 Å². The van der Waals surface area contributed by atoms with Crippen LogP contribution in [0.3, 0.4) is 0 Å². The van der Waals surface area contributed by atoms with Crippen LogP contribution in [-0.2, 0) is 4.74 Å². The molecule has 136 valence electrons. The zero-order valence-corrected chi connectivity index (χ0v) is 16.5. The van der Waals surface area contributed by atoms with Gasteiger partial charge < -0.3 is 15.5 Å². The number of nitriles is 2. The van der Waals surface area contributed by atoms with Crippen molar-refractivity contribution in [1.82, 2.24) is 4.98 Å². The molecule has 0 aliphatic carbocycles. The quantitative estimate of drug-likeness (QED) is 0.598. The van der Waals surface area contributed by atoms with Gasteiger partial charge in [-0.05, 0) is 24.1 Å². The van der Waals surface area contributed by atoms with Crippen molar-refractivity contribution >= 4 is 32.6 Å². The largest absolute Gasteiger partial charge is 0.439 e. The Labute approximate surface area is 170 Å². The van der Waals surface area contributed by atoms with Crippen LogP contribution in [0, 0.1) is 29.6 Å². The molecule has 1 atom stereocenters. The molecule has 2 heterocycles. The Morgan fingerprint density at radius 1 is 1.07 bits per heavy atom. The highest BCUT2D eigenvalue weighted by molar-refractivity contribution is 9.10. The summed E-state index contributed by atoms with van der Waals surface area (Å²) in [4.78, 5) is 3.25. The molecule has 0 saturated heterocycles. The Hall–Kier alpha value is -3.48. The van der Waals surface area contributed by atoms with Crippen LogP contribution in [0.5, 0.6) is 0 Å². The first-order valence-corrected chi connectivity index (χ1v) is 9.39. The van der Waals surface area contributed by atoms with E-state index in [0.717, 1.165) is 32.1 Å². The molecule has 2 aromatic carbocycles. The van der Waals surface area contributed by atoms with Crippen molar-refractivity contribution in [2.24, 2.45) is 5.73 Å². The molecule has 1 aliphatic heterocycles. The van der Waals surface area contributed by atoms with Gasteiger partial charge in [-0.1, -0.05) is 52.3 Å². The number of nitrogens with two attached hydrogens (primary N) is 1. The Bertz CT molecular complexity index is 1250. The van der Waals surface area contributed by atoms with Gasteiger partial charge in [0.05, 0.1) is 17.6 Å². The molecule has 28 heavy (non-hydrogen) atoms. The molecule has 1 aromatic heterocycles. The van der Waals surface area contributed by atoms with Gasteiger partial charge in [0.15, 0.2) is 5.76 Å². The summed E-state index contributed by atoms with van der Waals surface area (Å²) in [6, 6.07) is 17.8. The van der Waals surface area contributed by atoms with Crippen LogP contribution in [0.15, 0.2) is 70.2 Å².